The second kappa shape index (κ2) is 2.10. The van der Waals surface area contributed by atoms with Crippen molar-refractivity contribution in [3.8, 4) is 0 Å². The molecule has 2 rings (SSSR count). The van der Waals surface area contributed by atoms with Crippen LogP contribution in [0.4, 0.5) is 0 Å². The van der Waals surface area contributed by atoms with Crippen molar-refractivity contribution in [2.75, 3.05) is 6.54 Å². The summed E-state index contributed by atoms with van der Waals surface area (Å²) in [4.78, 5) is 0. The smallest absolute Gasteiger partial charge is 0.0450 e. The first-order valence-corrected chi connectivity index (χ1v) is 3.67. The first kappa shape index (κ1) is 5.93. The van der Waals surface area contributed by atoms with Crippen molar-refractivity contribution in [2.24, 2.45) is 0 Å². The molecule has 1 aliphatic heterocycles. The van der Waals surface area contributed by atoms with E-state index in [4.69, 9.17) is 0 Å². The molecule has 1 nitrogen and oxygen atoms in total. The predicted octanol–water partition coefficient (Wildman–Crippen LogP) is 1.64. The van der Waals surface area contributed by atoms with Crippen LogP contribution in [0.25, 0.3) is 0 Å². The average Bonchev–Trinajstić information content (AvgIpc) is 2.71. The lowest BCUT2D eigenvalue weighted by Crippen LogP contribution is -1.87. The van der Waals surface area contributed by atoms with E-state index < -0.39 is 0 Å². The Hall–Kier alpha value is -0.820. The van der Waals surface area contributed by atoms with E-state index in [1.165, 1.54) is 11.1 Å². The van der Waals surface area contributed by atoms with Gasteiger partial charge in [0.2, 0.25) is 0 Å². The van der Waals surface area contributed by atoms with E-state index in [0.29, 0.717) is 6.04 Å². The van der Waals surface area contributed by atoms with E-state index in [1.807, 2.05) is 0 Å². The Labute approximate surface area is 61.1 Å². The first-order chi connectivity index (χ1) is 4.88. The summed E-state index contributed by atoms with van der Waals surface area (Å²) in [6.45, 7) is 3.32. The summed E-state index contributed by atoms with van der Waals surface area (Å²) in [5, 5.41) is 3.29. The minimum atomic E-state index is 0.654. The maximum absolute atomic E-state index is 3.29. The zero-order valence-corrected chi connectivity index (χ0v) is 6.09. The lowest BCUT2D eigenvalue weighted by molar-refractivity contribution is 1.06. The molecule has 0 aromatic heterocycles. The molecule has 1 atom stereocenters. The highest BCUT2D eigenvalue weighted by atomic mass is 15.1. The summed E-state index contributed by atoms with van der Waals surface area (Å²) in [6.07, 6.45) is 0. The summed E-state index contributed by atoms with van der Waals surface area (Å²) in [5.41, 5.74) is 2.86. The molecule has 10 heavy (non-hydrogen) atoms. The highest BCUT2D eigenvalue weighted by molar-refractivity contribution is 5.31. The molecule has 1 aromatic rings. The SMILES string of the molecule is Cc1ccccc1[C@H]1CN1. The van der Waals surface area contributed by atoms with E-state index in [1.54, 1.807) is 0 Å². The summed E-state index contributed by atoms with van der Waals surface area (Å²) >= 11 is 0. The van der Waals surface area contributed by atoms with Crippen LogP contribution in [0.15, 0.2) is 24.3 Å². The quantitative estimate of drug-likeness (QED) is 0.578. The Morgan fingerprint density at radius 2 is 2.10 bits per heavy atom. The number of hydrogen-bond donors (Lipinski definition) is 1. The van der Waals surface area contributed by atoms with Gasteiger partial charge in [0.05, 0.1) is 0 Å². The lowest BCUT2D eigenvalue weighted by atomic mass is 10.1. The Morgan fingerprint density at radius 1 is 1.40 bits per heavy atom. The highest BCUT2D eigenvalue weighted by Crippen LogP contribution is 2.23. The van der Waals surface area contributed by atoms with Crippen molar-refractivity contribution in [3.05, 3.63) is 35.4 Å². The van der Waals surface area contributed by atoms with Gasteiger partial charge in [-0.1, -0.05) is 24.3 Å². The molecule has 1 aromatic carbocycles. The van der Waals surface area contributed by atoms with Crippen molar-refractivity contribution in [3.63, 3.8) is 0 Å². The van der Waals surface area contributed by atoms with Gasteiger partial charge >= 0.3 is 0 Å². The molecule has 0 radical (unpaired) electrons. The van der Waals surface area contributed by atoms with Crippen LogP contribution in [-0.2, 0) is 0 Å². The molecule has 0 bridgehead atoms. The van der Waals surface area contributed by atoms with Gasteiger partial charge in [0.25, 0.3) is 0 Å². The number of rotatable bonds is 1. The van der Waals surface area contributed by atoms with Gasteiger partial charge in [0, 0.05) is 12.6 Å². The Balaban J connectivity index is 2.39. The second-order valence-corrected chi connectivity index (χ2v) is 2.82. The molecular weight excluding hydrogens is 122 g/mol. The third-order valence-corrected chi connectivity index (χ3v) is 1.97. The standard InChI is InChI=1S/C9H11N/c1-7-4-2-3-5-8(7)9-6-10-9/h2-5,9-10H,6H2,1H3/t9-/m1/s1. The second-order valence-electron chi connectivity index (χ2n) is 2.82. The Bertz CT molecular complexity index is 238. The fraction of sp³-hybridized carbons (Fsp3) is 0.333. The van der Waals surface area contributed by atoms with Crippen molar-refractivity contribution < 1.29 is 0 Å². The topological polar surface area (TPSA) is 21.9 Å². The third-order valence-electron chi connectivity index (χ3n) is 1.97. The molecule has 52 valence electrons. The molecule has 1 fully saturated rings. The zero-order chi connectivity index (χ0) is 6.97. The van der Waals surface area contributed by atoms with Crippen LogP contribution >= 0.6 is 0 Å². The van der Waals surface area contributed by atoms with E-state index in [9.17, 15) is 0 Å². The van der Waals surface area contributed by atoms with E-state index in [2.05, 4.69) is 36.5 Å². The predicted molar refractivity (Wildman–Crippen MR) is 41.9 cm³/mol. The van der Waals surface area contributed by atoms with Gasteiger partial charge < -0.3 is 5.32 Å². The largest absolute Gasteiger partial charge is 0.307 e. The van der Waals surface area contributed by atoms with E-state index >= 15 is 0 Å². The zero-order valence-electron chi connectivity index (χ0n) is 6.09. The van der Waals surface area contributed by atoms with Crippen LogP contribution in [0, 0.1) is 6.92 Å². The molecule has 0 spiro atoms. The van der Waals surface area contributed by atoms with Gasteiger partial charge in [0.15, 0.2) is 0 Å². The van der Waals surface area contributed by atoms with Gasteiger partial charge in [-0.3, -0.25) is 0 Å². The molecule has 1 N–H and O–H groups in total. The average molecular weight is 133 g/mol. The molecule has 1 aliphatic rings. The van der Waals surface area contributed by atoms with Crippen molar-refractivity contribution in [1.29, 1.82) is 0 Å². The Morgan fingerprint density at radius 3 is 2.70 bits per heavy atom. The molecule has 1 heteroatoms. The van der Waals surface area contributed by atoms with Crippen LogP contribution < -0.4 is 5.32 Å². The number of benzene rings is 1. The summed E-state index contributed by atoms with van der Waals surface area (Å²) < 4.78 is 0. The van der Waals surface area contributed by atoms with Gasteiger partial charge in [-0.05, 0) is 18.1 Å². The van der Waals surface area contributed by atoms with Crippen LogP contribution in [0.2, 0.25) is 0 Å². The molecule has 0 unspecified atom stereocenters. The van der Waals surface area contributed by atoms with Crippen molar-refractivity contribution in [1.82, 2.24) is 5.32 Å². The molecule has 0 amide bonds. The summed E-state index contributed by atoms with van der Waals surface area (Å²) in [5.74, 6) is 0. The molecule has 0 aliphatic carbocycles. The maximum Gasteiger partial charge on any atom is 0.0450 e. The Kier molecular flexibility index (Phi) is 1.24. The minimum absolute atomic E-state index is 0.654. The van der Waals surface area contributed by atoms with Gasteiger partial charge in [-0.2, -0.15) is 0 Å². The van der Waals surface area contributed by atoms with Crippen molar-refractivity contribution >= 4 is 0 Å². The van der Waals surface area contributed by atoms with E-state index in [0.717, 1.165) is 6.54 Å². The van der Waals surface area contributed by atoms with Crippen LogP contribution in [-0.4, -0.2) is 6.54 Å². The highest BCUT2D eigenvalue weighted by Gasteiger charge is 2.22. The van der Waals surface area contributed by atoms with Crippen LogP contribution in [0.1, 0.15) is 17.2 Å². The minimum Gasteiger partial charge on any atom is -0.307 e. The van der Waals surface area contributed by atoms with Gasteiger partial charge in [-0.25, -0.2) is 0 Å². The number of hydrogen-bond acceptors (Lipinski definition) is 1. The van der Waals surface area contributed by atoms with Crippen molar-refractivity contribution in [2.45, 2.75) is 13.0 Å². The van der Waals surface area contributed by atoms with E-state index in [-0.39, 0.29) is 0 Å². The molecule has 0 saturated carbocycles. The molecular formula is C9H11N. The number of aryl methyl sites for hydroxylation is 1. The van der Waals surface area contributed by atoms with Crippen LogP contribution in [0.3, 0.4) is 0 Å². The number of nitrogens with one attached hydrogen (secondary N) is 1. The fourth-order valence-electron chi connectivity index (χ4n) is 1.26. The molecule has 1 saturated heterocycles. The monoisotopic (exact) mass is 133 g/mol. The molecule has 1 heterocycles. The van der Waals surface area contributed by atoms with Gasteiger partial charge in [0.1, 0.15) is 0 Å². The summed E-state index contributed by atoms with van der Waals surface area (Å²) in [6, 6.07) is 9.19. The first-order valence-electron chi connectivity index (χ1n) is 3.67. The van der Waals surface area contributed by atoms with Crippen LogP contribution in [0.5, 0.6) is 0 Å². The third kappa shape index (κ3) is 0.929. The lowest BCUT2D eigenvalue weighted by Gasteiger charge is -1.99. The fourth-order valence-corrected chi connectivity index (χ4v) is 1.26. The normalized spacial score (nSPS) is 22.7. The van der Waals surface area contributed by atoms with Gasteiger partial charge in [-0.15, -0.1) is 0 Å². The summed E-state index contributed by atoms with van der Waals surface area (Å²) in [7, 11) is 0. The maximum atomic E-state index is 3.29.